The predicted molar refractivity (Wildman–Crippen MR) is 69.9 cm³/mol. The van der Waals surface area contributed by atoms with Crippen LogP contribution in [0.15, 0.2) is 0 Å². The molecule has 5 nitrogen and oxygen atoms in total. The molecule has 0 aromatic carbocycles. The van der Waals surface area contributed by atoms with Crippen molar-refractivity contribution in [3.05, 3.63) is 0 Å². The second-order valence-corrected chi connectivity index (χ2v) is 5.41. The maximum absolute atomic E-state index is 12.3. The van der Waals surface area contributed by atoms with E-state index in [-0.39, 0.29) is 6.54 Å². The second kappa shape index (κ2) is 6.53. The van der Waals surface area contributed by atoms with E-state index in [4.69, 9.17) is 0 Å². The number of urea groups is 1. The molecule has 0 aromatic heterocycles. The summed E-state index contributed by atoms with van der Waals surface area (Å²) in [5, 5.41) is 9.46. The van der Waals surface area contributed by atoms with Crippen LogP contribution in [0.1, 0.15) is 39.0 Å². The Morgan fingerprint density at radius 3 is 2.48 bits per heavy atom. The Hall–Kier alpha value is -1.47. The van der Waals surface area contributed by atoms with Crippen molar-refractivity contribution < 1.29 is 27.9 Å². The molecule has 1 fully saturated rings. The first-order valence-electron chi connectivity index (χ1n) is 6.97. The number of carboxylic acids is 1. The van der Waals surface area contributed by atoms with E-state index >= 15 is 0 Å². The molecule has 1 saturated heterocycles. The lowest BCUT2D eigenvalue weighted by atomic mass is 9.91. The van der Waals surface area contributed by atoms with Gasteiger partial charge in [0.05, 0.1) is 6.42 Å². The summed E-state index contributed by atoms with van der Waals surface area (Å²) < 4.78 is 36.6. The number of alkyl halides is 3. The highest BCUT2D eigenvalue weighted by Gasteiger charge is 2.50. The normalized spacial score (nSPS) is 22.4. The molecule has 0 bridgehead atoms. The number of halogens is 3. The molecule has 0 aromatic rings. The van der Waals surface area contributed by atoms with Gasteiger partial charge in [0.25, 0.3) is 0 Å². The lowest BCUT2D eigenvalue weighted by Gasteiger charge is -2.37. The van der Waals surface area contributed by atoms with Crippen molar-refractivity contribution in [2.24, 2.45) is 0 Å². The van der Waals surface area contributed by atoms with Gasteiger partial charge in [-0.2, -0.15) is 13.2 Å². The van der Waals surface area contributed by atoms with Gasteiger partial charge in [-0.3, -0.25) is 0 Å². The Morgan fingerprint density at radius 2 is 2.00 bits per heavy atom. The fourth-order valence-corrected chi connectivity index (χ4v) is 2.76. The Kier molecular flexibility index (Phi) is 5.47. The van der Waals surface area contributed by atoms with Crippen LogP contribution in [0.5, 0.6) is 0 Å². The monoisotopic (exact) mass is 310 g/mol. The summed E-state index contributed by atoms with van der Waals surface area (Å²) >= 11 is 0. The standard InChI is InChI=1S/C13H21F3N2O3/c1-3-5-12(10(19)20)6-4-8-18(12)11(21)17(2)9-7-13(14,15)16/h3-9H2,1-2H3,(H,19,20). The van der Waals surface area contributed by atoms with Crippen molar-refractivity contribution in [2.75, 3.05) is 20.1 Å². The lowest BCUT2D eigenvalue weighted by molar-refractivity contribution is -0.149. The number of rotatable bonds is 5. The van der Waals surface area contributed by atoms with Crippen molar-refractivity contribution in [1.29, 1.82) is 0 Å². The fraction of sp³-hybridized carbons (Fsp3) is 0.846. The Morgan fingerprint density at radius 1 is 1.38 bits per heavy atom. The van der Waals surface area contributed by atoms with Crippen molar-refractivity contribution in [3.63, 3.8) is 0 Å². The average molecular weight is 310 g/mol. The molecule has 8 heteroatoms. The van der Waals surface area contributed by atoms with Crippen LogP contribution in [0, 0.1) is 0 Å². The Bertz CT molecular complexity index is 401. The number of nitrogens with zero attached hydrogens (tertiary/aromatic N) is 2. The summed E-state index contributed by atoms with van der Waals surface area (Å²) in [6.45, 7) is 1.61. The van der Waals surface area contributed by atoms with Gasteiger partial charge in [-0.15, -0.1) is 0 Å². The van der Waals surface area contributed by atoms with Crippen LogP contribution in [0.25, 0.3) is 0 Å². The highest BCUT2D eigenvalue weighted by Crippen LogP contribution is 2.35. The summed E-state index contributed by atoms with van der Waals surface area (Å²) in [7, 11) is 1.27. The zero-order valence-electron chi connectivity index (χ0n) is 12.2. The Labute approximate surface area is 121 Å². The highest BCUT2D eigenvalue weighted by molar-refractivity contribution is 5.87. The molecule has 1 rings (SSSR count). The van der Waals surface area contributed by atoms with E-state index in [9.17, 15) is 27.9 Å². The average Bonchev–Trinajstić information content (AvgIpc) is 2.79. The number of carboxylic acid groups (broad SMARTS) is 1. The van der Waals surface area contributed by atoms with E-state index in [0.717, 1.165) is 4.90 Å². The molecule has 1 atom stereocenters. The van der Waals surface area contributed by atoms with Gasteiger partial charge in [0.1, 0.15) is 5.54 Å². The van der Waals surface area contributed by atoms with Gasteiger partial charge in [0.2, 0.25) is 0 Å². The fourth-order valence-electron chi connectivity index (χ4n) is 2.76. The minimum absolute atomic E-state index is 0.265. The van der Waals surface area contributed by atoms with Crippen LogP contribution >= 0.6 is 0 Å². The quantitative estimate of drug-likeness (QED) is 0.849. The summed E-state index contributed by atoms with van der Waals surface area (Å²) in [5.74, 6) is -1.08. The number of hydrogen-bond acceptors (Lipinski definition) is 2. The van der Waals surface area contributed by atoms with Gasteiger partial charge in [-0.1, -0.05) is 13.3 Å². The zero-order chi connectivity index (χ0) is 16.3. The van der Waals surface area contributed by atoms with E-state index in [2.05, 4.69) is 0 Å². The number of carbonyl (C=O) groups is 2. The van der Waals surface area contributed by atoms with Crippen molar-refractivity contribution in [1.82, 2.24) is 9.80 Å². The van der Waals surface area contributed by atoms with Crippen LogP contribution < -0.4 is 0 Å². The SMILES string of the molecule is CCCC1(C(=O)O)CCCN1C(=O)N(C)CCC(F)(F)F. The maximum atomic E-state index is 12.3. The van der Waals surface area contributed by atoms with Crippen molar-refractivity contribution >= 4 is 12.0 Å². The van der Waals surface area contributed by atoms with Gasteiger partial charge < -0.3 is 14.9 Å². The zero-order valence-corrected chi connectivity index (χ0v) is 12.2. The molecule has 1 aliphatic heterocycles. The number of aliphatic carboxylic acids is 1. The molecule has 2 amide bonds. The van der Waals surface area contributed by atoms with E-state index in [1.165, 1.54) is 11.9 Å². The van der Waals surface area contributed by atoms with Gasteiger partial charge in [-0.25, -0.2) is 9.59 Å². The number of hydrogen-bond donors (Lipinski definition) is 1. The largest absolute Gasteiger partial charge is 0.479 e. The molecule has 1 heterocycles. The second-order valence-electron chi connectivity index (χ2n) is 5.41. The maximum Gasteiger partial charge on any atom is 0.390 e. The molecule has 0 saturated carbocycles. The molecule has 0 radical (unpaired) electrons. The van der Waals surface area contributed by atoms with Crippen LogP contribution in [-0.4, -0.2) is 58.8 Å². The predicted octanol–water partition coefficient (Wildman–Crippen LogP) is 2.71. The number of carbonyl (C=O) groups excluding carboxylic acids is 1. The minimum Gasteiger partial charge on any atom is -0.479 e. The van der Waals surface area contributed by atoms with Gasteiger partial charge in [0.15, 0.2) is 0 Å². The third-order valence-electron chi connectivity index (χ3n) is 3.84. The molecule has 0 spiro atoms. The molecule has 0 aliphatic carbocycles. The van der Waals surface area contributed by atoms with Crippen LogP contribution in [0.3, 0.4) is 0 Å². The first-order valence-corrected chi connectivity index (χ1v) is 6.97. The third-order valence-corrected chi connectivity index (χ3v) is 3.84. The molecule has 1 unspecified atom stereocenters. The molecule has 21 heavy (non-hydrogen) atoms. The lowest BCUT2D eigenvalue weighted by Crippen LogP contribution is -2.56. The summed E-state index contributed by atoms with van der Waals surface area (Å²) in [4.78, 5) is 26.0. The summed E-state index contributed by atoms with van der Waals surface area (Å²) in [6, 6.07) is -0.646. The van der Waals surface area contributed by atoms with Crippen molar-refractivity contribution in [2.45, 2.75) is 50.7 Å². The summed E-state index contributed by atoms with van der Waals surface area (Å²) in [6.07, 6.45) is -3.66. The Balaban J connectivity index is 2.81. The molecule has 1 N–H and O–H groups in total. The molecule has 122 valence electrons. The first-order chi connectivity index (χ1) is 9.64. The molecular formula is C13H21F3N2O3. The number of likely N-dealkylation sites (tertiary alicyclic amines) is 1. The van der Waals surface area contributed by atoms with Crippen LogP contribution in [-0.2, 0) is 4.79 Å². The molecular weight excluding hydrogens is 289 g/mol. The third kappa shape index (κ3) is 4.01. The minimum atomic E-state index is -4.34. The van der Waals surface area contributed by atoms with E-state index in [1.807, 2.05) is 6.92 Å². The van der Waals surface area contributed by atoms with Gasteiger partial charge in [0, 0.05) is 20.1 Å². The van der Waals surface area contributed by atoms with E-state index in [1.54, 1.807) is 0 Å². The first kappa shape index (κ1) is 17.6. The smallest absolute Gasteiger partial charge is 0.390 e. The van der Waals surface area contributed by atoms with Crippen LogP contribution in [0.2, 0.25) is 0 Å². The highest BCUT2D eigenvalue weighted by atomic mass is 19.4. The van der Waals surface area contributed by atoms with E-state index in [0.29, 0.717) is 25.7 Å². The number of amides is 2. The summed E-state index contributed by atoms with van der Waals surface area (Å²) in [5.41, 5.74) is -1.28. The molecule has 1 aliphatic rings. The van der Waals surface area contributed by atoms with Gasteiger partial charge >= 0.3 is 18.2 Å². The van der Waals surface area contributed by atoms with Crippen molar-refractivity contribution in [3.8, 4) is 0 Å². The van der Waals surface area contributed by atoms with Crippen LogP contribution in [0.4, 0.5) is 18.0 Å². The topological polar surface area (TPSA) is 60.9 Å². The van der Waals surface area contributed by atoms with E-state index < -0.39 is 36.7 Å². The van der Waals surface area contributed by atoms with Gasteiger partial charge in [-0.05, 0) is 19.3 Å².